The quantitative estimate of drug-likeness (QED) is 0.725. The minimum atomic E-state index is 0.681. The van der Waals surface area contributed by atoms with Crippen LogP contribution in [0.25, 0.3) is 22.1 Å². The number of hydrogen-bond donors (Lipinski definition) is 0. The molecule has 0 unspecified atom stereocenters. The summed E-state index contributed by atoms with van der Waals surface area (Å²) in [6.45, 7) is 7.86. The van der Waals surface area contributed by atoms with Crippen LogP contribution in [0.15, 0.2) is 22.6 Å². The second-order valence-corrected chi connectivity index (χ2v) is 5.12. The molecule has 3 rings (SSSR count). The van der Waals surface area contributed by atoms with Gasteiger partial charge in [0.05, 0.1) is 0 Å². The number of benzene rings is 1. The van der Waals surface area contributed by atoms with Crippen molar-refractivity contribution in [3.8, 4) is 0 Å². The standard InChI is InChI=1S/C15H16ClN3O/c1-4-19(5-2)15-14-13(17-9(3)18-15)11-8-10(16)6-7-12(11)20-14/h6-8H,4-5H2,1-3H3. The molecule has 1 aromatic carbocycles. The summed E-state index contributed by atoms with van der Waals surface area (Å²) < 4.78 is 5.95. The molecule has 0 atom stereocenters. The van der Waals surface area contributed by atoms with Crippen molar-refractivity contribution in [3.63, 3.8) is 0 Å². The predicted molar refractivity (Wildman–Crippen MR) is 82.6 cm³/mol. The molecule has 0 spiro atoms. The first-order valence-corrected chi connectivity index (χ1v) is 7.13. The summed E-state index contributed by atoms with van der Waals surface area (Å²) >= 11 is 6.08. The van der Waals surface area contributed by atoms with Crippen molar-refractivity contribution in [2.45, 2.75) is 20.8 Å². The van der Waals surface area contributed by atoms with Crippen molar-refractivity contribution in [2.75, 3.05) is 18.0 Å². The fourth-order valence-corrected chi connectivity index (χ4v) is 2.62. The number of anilines is 1. The lowest BCUT2D eigenvalue weighted by Gasteiger charge is -2.19. The number of rotatable bonds is 3. The van der Waals surface area contributed by atoms with Crippen LogP contribution in [0.5, 0.6) is 0 Å². The van der Waals surface area contributed by atoms with Crippen LogP contribution >= 0.6 is 11.6 Å². The second kappa shape index (κ2) is 4.94. The van der Waals surface area contributed by atoms with Gasteiger partial charge >= 0.3 is 0 Å². The first-order chi connectivity index (χ1) is 9.63. The van der Waals surface area contributed by atoms with Gasteiger partial charge in [-0.25, -0.2) is 9.97 Å². The number of nitrogens with zero attached hydrogens (tertiary/aromatic N) is 3. The minimum absolute atomic E-state index is 0.681. The molecule has 2 aromatic heterocycles. The van der Waals surface area contributed by atoms with Gasteiger partial charge in [-0.15, -0.1) is 0 Å². The van der Waals surface area contributed by atoms with Gasteiger partial charge in [-0.05, 0) is 39.0 Å². The lowest BCUT2D eigenvalue weighted by molar-refractivity contribution is 0.660. The van der Waals surface area contributed by atoms with Gasteiger partial charge in [0, 0.05) is 23.5 Å². The van der Waals surface area contributed by atoms with E-state index in [1.54, 1.807) is 0 Å². The van der Waals surface area contributed by atoms with E-state index in [4.69, 9.17) is 16.0 Å². The van der Waals surface area contributed by atoms with Crippen molar-refractivity contribution in [1.29, 1.82) is 0 Å². The van der Waals surface area contributed by atoms with Gasteiger partial charge in [0.15, 0.2) is 11.4 Å². The Bertz CT molecular complexity index is 777. The van der Waals surface area contributed by atoms with Crippen molar-refractivity contribution in [3.05, 3.63) is 29.0 Å². The zero-order chi connectivity index (χ0) is 14.3. The molecule has 0 aliphatic rings. The first kappa shape index (κ1) is 13.2. The fourth-order valence-electron chi connectivity index (χ4n) is 2.45. The fraction of sp³-hybridized carbons (Fsp3) is 0.333. The molecular formula is C15H16ClN3O. The van der Waals surface area contributed by atoms with Crippen molar-refractivity contribution in [1.82, 2.24) is 9.97 Å². The number of hydrogen-bond acceptors (Lipinski definition) is 4. The molecule has 0 aliphatic heterocycles. The molecule has 0 bridgehead atoms. The van der Waals surface area contributed by atoms with E-state index < -0.39 is 0 Å². The van der Waals surface area contributed by atoms with Crippen molar-refractivity contribution < 1.29 is 4.42 Å². The van der Waals surface area contributed by atoms with Gasteiger partial charge in [0.25, 0.3) is 0 Å². The van der Waals surface area contributed by atoms with Crippen LogP contribution in [0.1, 0.15) is 19.7 Å². The van der Waals surface area contributed by atoms with Gasteiger partial charge in [-0.2, -0.15) is 0 Å². The molecule has 0 amide bonds. The summed E-state index contributed by atoms with van der Waals surface area (Å²) in [7, 11) is 0. The highest BCUT2D eigenvalue weighted by atomic mass is 35.5. The van der Waals surface area contributed by atoms with Crippen LogP contribution in [0.3, 0.4) is 0 Å². The third-order valence-electron chi connectivity index (χ3n) is 3.43. The highest BCUT2D eigenvalue weighted by molar-refractivity contribution is 6.31. The van der Waals surface area contributed by atoms with Crippen LogP contribution < -0.4 is 4.90 Å². The smallest absolute Gasteiger partial charge is 0.196 e. The number of fused-ring (bicyclic) bond motifs is 3. The molecule has 5 heteroatoms. The van der Waals surface area contributed by atoms with Crippen molar-refractivity contribution in [2.24, 2.45) is 0 Å². The largest absolute Gasteiger partial charge is 0.450 e. The Morgan fingerprint density at radius 3 is 2.65 bits per heavy atom. The van der Waals surface area contributed by atoms with Crippen LogP contribution in [0, 0.1) is 6.92 Å². The molecular weight excluding hydrogens is 274 g/mol. The molecule has 0 saturated carbocycles. The van der Waals surface area contributed by atoms with Gasteiger partial charge in [-0.1, -0.05) is 11.6 Å². The molecule has 0 radical (unpaired) electrons. The van der Waals surface area contributed by atoms with Crippen molar-refractivity contribution >= 4 is 39.5 Å². The summed E-state index contributed by atoms with van der Waals surface area (Å²) in [5.41, 5.74) is 2.35. The third kappa shape index (κ3) is 2.00. The van der Waals surface area contributed by atoms with Crippen LogP contribution in [-0.2, 0) is 0 Å². The molecule has 4 nitrogen and oxygen atoms in total. The average molecular weight is 290 g/mol. The van der Waals surface area contributed by atoms with Crippen LogP contribution in [0.4, 0.5) is 5.82 Å². The summed E-state index contributed by atoms with van der Waals surface area (Å²) in [6.07, 6.45) is 0. The Balaban J connectivity index is 2.39. The predicted octanol–water partition coefficient (Wildman–Crippen LogP) is 4.18. The molecule has 0 N–H and O–H groups in total. The van der Waals surface area contributed by atoms with Crippen LogP contribution in [-0.4, -0.2) is 23.1 Å². The Labute approximate surface area is 122 Å². The van der Waals surface area contributed by atoms with E-state index in [0.717, 1.165) is 46.8 Å². The summed E-state index contributed by atoms with van der Waals surface area (Å²) in [5, 5.41) is 1.62. The van der Waals surface area contributed by atoms with Gasteiger partial charge in [0.2, 0.25) is 0 Å². The summed E-state index contributed by atoms with van der Waals surface area (Å²) in [5.74, 6) is 1.59. The van der Waals surface area contributed by atoms with Gasteiger partial charge < -0.3 is 9.32 Å². The molecule has 0 saturated heterocycles. The van der Waals surface area contributed by atoms with Crippen LogP contribution in [0.2, 0.25) is 5.02 Å². The van der Waals surface area contributed by atoms with E-state index in [0.29, 0.717) is 5.02 Å². The van der Waals surface area contributed by atoms with Gasteiger partial charge in [0.1, 0.15) is 16.9 Å². The molecule has 2 heterocycles. The lowest BCUT2D eigenvalue weighted by atomic mass is 10.2. The molecule has 3 aromatic rings. The average Bonchev–Trinajstić information content (AvgIpc) is 2.78. The van der Waals surface area contributed by atoms with E-state index in [1.807, 2.05) is 25.1 Å². The maximum absolute atomic E-state index is 6.08. The molecule has 20 heavy (non-hydrogen) atoms. The highest BCUT2D eigenvalue weighted by Gasteiger charge is 2.17. The number of aryl methyl sites for hydroxylation is 1. The second-order valence-electron chi connectivity index (χ2n) is 4.69. The van der Waals surface area contributed by atoms with Gasteiger partial charge in [-0.3, -0.25) is 0 Å². The summed E-state index contributed by atoms with van der Waals surface area (Å²) in [4.78, 5) is 11.2. The molecule has 0 aliphatic carbocycles. The third-order valence-corrected chi connectivity index (χ3v) is 3.67. The van der Waals surface area contributed by atoms with E-state index in [-0.39, 0.29) is 0 Å². The maximum atomic E-state index is 6.08. The first-order valence-electron chi connectivity index (χ1n) is 6.75. The zero-order valence-corrected chi connectivity index (χ0v) is 12.5. The van der Waals surface area contributed by atoms with E-state index in [9.17, 15) is 0 Å². The normalized spacial score (nSPS) is 11.4. The lowest BCUT2D eigenvalue weighted by Crippen LogP contribution is -2.23. The number of furan rings is 1. The number of aromatic nitrogens is 2. The highest BCUT2D eigenvalue weighted by Crippen LogP contribution is 2.34. The Kier molecular flexibility index (Phi) is 3.26. The van der Waals surface area contributed by atoms with E-state index in [1.165, 1.54) is 0 Å². The maximum Gasteiger partial charge on any atom is 0.196 e. The van der Waals surface area contributed by atoms with E-state index in [2.05, 4.69) is 28.7 Å². The topological polar surface area (TPSA) is 42.2 Å². The molecule has 104 valence electrons. The minimum Gasteiger partial charge on any atom is -0.450 e. The Hall–Kier alpha value is -1.81. The Morgan fingerprint density at radius 1 is 1.20 bits per heavy atom. The SMILES string of the molecule is CCN(CC)c1nc(C)nc2c1oc1ccc(Cl)cc12. The van der Waals surface area contributed by atoms with E-state index >= 15 is 0 Å². The summed E-state index contributed by atoms with van der Waals surface area (Å²) in [6, 6.07) is 5.59. The number of halogens is 1. The zero-order valence-electron chi connectivity index (χ0n) is 11.8. The monoisotopic (exact) mass is 289 g/mol. The molecule has 0 fully saturated rings. The Morgan fingerprint density at radius 2 is 1.95 bits per heavy atom.